The summed E-state index contributed by atoms with van der Waals surface area (Å²) in [5.41, 5.74) is 0. The van der Waals surface area contributed by atoms with Crippen LogP contribution >= 0.6 is 0 Å². The SMILES string of the molecule is CCCN1CC(CC(O)CC)CC(NCCCO)C1. The Bertz CT molecular complexity index is 226. The second-order valence-electron chi connectivity index (χ2n) is 5.89. The van der Waals surface area contributed by atoms with Gasteiger partial charge in [-0.15, -0.1) is 0 Å². The summed E-state index contributed by atoms with van der Waals surface area (Å²) >= 11 is 0. The maximum atomic E-state index is 9.85. The molecule has 114 valence electrons. The molecule has 1 heterocycles. The van der Waals surface area contributed by atoms with E-state index in [-0.39, 0.29) is 12.7 Å². The van der Waals surface area contributed by atoms with E-state index in [1.165, 1.54) is 6.42 Å². The average molecular weight is 272 g/mol. The van der Waals surface area contributed by atoms with Crippen molar-refractivity contribution in [1.82, 2.24) is 10.2 Å². The van der Waals surface area contributed by atoms with Gasteiger partial charge in [-0.2, -0.15) is 0 Å². The predicted octanol–water partition coefficient (Wildman–Crippen LogP) is 1.22. The van der Waals surface area contributed by atoms with Gasteiger partial charge in [0.05, 0.1) is 6.10 Å². The minimum atomic E-state index is -0.148. The van der Waals surface area contributed by atoms with E-state index in [1.807, 2.05) is 6.92 Å². The van der Waals surface area contributed by atoms with E-state index in [0.29, 0.717) is 12.0 Å². The lowest BCUT2D eigenvalue weighted by atomic mass is 9.88. The third-order valence-corrected chi connectivity index (χ3v) is 4.00. The molecule has 0 spiro atoms. The molecule has 3 N–H and O–H groups in total. The third kappa shape index (κ3) is 6.70. The zero-order chi connectivity index (χ0) is 14.1. The summed E-state index contributed by atoms with van der Waals surface area (Å²) < 4.78 is 0. The van der Waals surface area contributed by atoms with Gasteiger partial charge in [-0.05, 0) is 51.1 Å². The Balaban J connectivity index is 2.42. The van der Waals surface area contributed by atoms with Crippen LogP contribution in [0.2, 0.25) is 0 Å². The molecule has 1 aliphatic heterocycles. The van der Waals surface area contributed by atoms with Crippen molar-refractivity contribution in [2.75, 3.05) is 32.8 Å². The molecule has 19 heavy (non-hydrogen) atoms. The molecule has 0 aromatic carbocycles. The lowest BCUT2D eigenvalue weighted by molar-refractivity contribution is 0.0836. The van der Waals surface area contributed by atoms with Gasteiger partial charge in [0.25, 0.3) is 0 Å². The van der Waals surface area contributed by atoms with Gasteiger partial charge in [-0.1, -0.05) is 13.8 Å². The number of nitrogens with zero attached hydrogens (tertiary/aromatic N) is 1. The monoisotopic (exact) mass is 272 g/mol. The van der Waals surface area contributed by atoms with Crippen molar-refractivity contribution in [2.45, 2.75) is 58.1 Å². The first-order chi connectivity index (χ1) is 9.19. The number of likely N-dealkylation sites (tertiary alicyclic amines) is 1. The first kappa shape index (κ1) is 16.9. The molecule has 1 aliphatic rings. The Hall–Kier alpha value is -0.160. The molecule has 0 radical (unpaired) electrons. The fourth-order valence-electron chi connectivity index (χ4n) is 3.06. The second kappa shape index (κ2) is 9.70. The van der Waals surface area contributed by atoms with Gasteiger partial charge in [0.15, 0.2) is 0 Å². The molecule has 0 aromatic heterocycles. The fourth-order valence-corrected chi connectivity index (χ4v) is 3.06. The van der Waals surface area contributed by atoms with Crippen LogP contribution < -0.4 is 5.32 Å². The molecule has 3 unspecified atom stereocenters. The van der Waals surface area contributed by atoms with Crippen LogP contribution in [0, 0.1) is 5.92 Å². The lowest BCUT2D eigenvalue weighted by Gasteiger charge is -2.39. The van der Waals surface area contributed by atoms with E-state index in [1.54, 1.807) is 0 Å². The van der Waals surface area contributed by atoms with Crippen LogP contribution in [0.1, 0.15) is 46.0 Å². The van der Waals surface area contributed by atoms with E-state index in [0.717, 1.165) is 51.9 Å². The van der Waals surface area contributed by atoms with Gasteiger partial charge in [-0.3, -0.25) is 0 Å². The summed E-state index contributed by atoms with van der Waals surface area (Å²) in [6.45, 7) is 8.81. The van der Waals surface area contributed by atoms with Gasteiger partial charge >= 0.3 is 0 Å². The summed E-state index contributed by atoms with van der Waals surface area (Å²) in [6, 6.07) is 0.515. The van der Waals surface area contributed by atoms with Gasteiger partial charge in [-0.25, -0.2) is 0 Å². The number of rotatable bonds is 9. The highest BCUT2D eigenvalue weighted by molar-refractivity contribution is 4.84. The minimum absolute atomic E-state index is 0.148. The van der Waals surface area contributed by atoms with Crippen LogP contribution in [-0.4, -0.2) is 60.0 Å². The zero-order valence-electron chi connectivity index (χ0n) is 12.6. The van der Waals surface area contributed by atoms with Gasteiger partial charge in [0, 0.05) is 25.7 Å². The number of hydrogen-bond donors (Lipinski definition) is 3. The molecule has 1 fully saturated rings. The summed E-state index contributed by atoms with van der Waals surface area (Å²) in [7, 11) is 0. The van der Waals surface area contributed by atoms with Gasteiger partial charge in [0.2, 0.25) is 0 Å². The van der Waals surface area contributed by atoms with Crippen LogP contribution in [0.15, 0.2) is 0 Å². The average Bonchev–Trinajstić information content (AvgIpc) is 2.39. The number of piperidine rings is 1. The molecule has 1 rings (SSSR count). The van der Waals surface area contributed by atoms with Gasteiger partial charge < -0.3 is 20.4 Å². The van der Waals surface area contributed by atoms with Gasteiger partial charge in [0.1, 0.15) is 0 Å². The first-order valence-corrected chi connectivity index (χ1v) is 7.94. The normalized spacial score (nSPS) is 26.5. The Morgan fingerprint density at radius 2 is 2.11 bits per heavy atom. The van der Waals surface area contributed by atoms with Crippen molar-refractivity contribution in [2.24, 2.45) is 5.92 Å². The first-order valence-electron chi connectivity index (χ1n) is 7.94. The molecule has 4 nitrogen and oxygen atoms in total. The molecule has 3 atom stereocenters. The maximum Gasteiger partial charge on any atom is 0.0540 e. The predicted molar refractivity (Wildman–Crippen MR) is 79.2 cm³/mol. The fraction of sp³-hybridized carbons (Fsp3) is 1.00. The molecule has 1 saturated heterocycles. The standard InChI is InChI=1S/C15H32N2O2/c1-3-7-17-11-13(10-15(19)4-2)9-14(12-17)16-6-5-8-18/h13-16,18-19H,3-12H2,1-2H3. The number of aliphatic hydroxyl groups excluding tert-OH is 2. The zero-order valence-corrected chi connectivity index (χ0v) is 12.6. The quantitative estimate of drug-likeness (QED) is 0.553. The molecule has 0 aromatic rings. The topological polar surface area (TPSA) is 55.7 Å². The second-order valence-corrected chi connectivity index (χ2v) is 5.89. The van der Waals surface area contributed by atoms with E-state index in [2.05, 4.69) is 17.1 Å². The van der Waals surface area contributed by atoms with Crippen molar-refractivity contribution in [3.63, 3.8) is 0 Å². The highest BCUT2D eigenvalue weighted by Gasteiger charge is 2.27. The van der Waals surface area contributed by atoms with E-state index in [4.69, 9.17) is 5.11 Å². The van der Waals surface area contributed by atoms with Crippen molar-refractivity contribution in [3.8, 4) is 0 Å². The smallest absolute Gasteiger partial charge is 0.0540 e. The Morgan fingerprint density at radius 3 is 2.74 bits per heavy atom. The number of aliphatic hydroxyl groups is 2. The minimum Gasteiger partial charge on any atom is -0.396 e. The van der Waals surface area contributed by atoms with Crippen molar-refractivity contribution < 1.29 is 10.2 Å². The van der Waals surface area contributed by atoms with Crippen LogP contribution in [-0.2, 0) is 0 Å². The Morgan fingerprint density at radius 1 is 1.32 bits per heavy atom. The van der Waals surface area contributed by atoms with Crippen LogP contribution in [0.5, 0.6) is 0 Å². The summed E-state index contributed by atoms with van der Waals surface area (Å²) in [4.78, 5) is 2.52. The van der Waals surface area contributed by atoms with E-state index >= 15 is 0 Å². The maximum absolute atomic E-state index is 9.85. The summed E-state index contributed by atoms with van der Waals surface area (Å²) in [5.74, 6) is 0.599. The van der Waals surface area contributed by atoms with Crippen LogP contribution in [0.25, 0.3) is 0 Å². The van der Waals surface area contributed by atoms with Crippen molar-refractivity contribution in [3.05, 3.63) is 0 Å². The highest BCUT2D eigenvalue weighted by atomic mass is 16.3. The molecule has 0 amide bonds. The van der Waals surface area contributed by atoms with Crippen LogP contribution in [0.4, 0.5) is 0 Å². The Labute approximate surface area is 118 Å². The van der Waals surface area contributed by atoms with Crippen molar-refractivity contribution >= 4 is 0 Å². The van der Waals surface area contributed by atoms with Crippen molar-refractivity contribution in [1.29, 1.82) is 0 Å². The van der Waals surface area contributed by atoms with E-state index < -0.39 is 0 Å². The Kier molecular flexibility index (Phi) is 8.62. The molecule has 0 bridgehead atoms. The molecule has 0 saturated carbocycles. The molecular formula is C15H32N2O2. The largest absolute Gasteiger partial charge is 0.396 e. The molecule has 0 aliphatic carbocycles. The summed E-state index contributed by atoms with van der Waals surface area (Å²) in [5, 5.41) is 22.3. The number of hydrogen-bond acceptors (Lipinski definition) is 4. The van der Waals surface area contributed by atoms with Crippen LogP contribution in [0.3, 0.4) is 0 Å². The number of nitrogens with one attached hydrogen (secondary N) is 1. The lowest BCUT2D eigenvalue weighted by Crippen LogP contribution is -2.50. The molecule has 4 heteroatoms. The summed E-state index contributed by atoms with van der Waals surface area (Å²) in [6.07, 6.45) is 4.80. The molecular weight excluding hydrogens is 240 g/mol. The van der Waals surface area contributed by atoms with E-state index in [9.17, 15) is 5.11 Å². The third-order valence-electron chi connectivity index (χ3n) is 4.00. The highest BCUT2D eigenvalue weighted by Crippen LogP contribution is 2.22.